The van der Waals surface area contributed by atoms with Crippen LogP contribution in [-0.4, -0.2) is 9.79 Å². The molecular weight excluding hydrogens is 305 g/mol. The van der Waals surface area contributed by atoms with Crippen LogP contribution >= 0.6 is 18.9 Å². The highest BCUT2D eigenvalue weighted by molar-refractivity contribution is 7.52. The first-order valence-corrected chi connectivity index (χ1v) is 9.48. The minimum atomic E-state index is -4.27. The van der Waals surface area contributed by atoms with Crippen LogP contribution in [0.4, 0.5) is 5.69 Å². The van der Waals surface area contributed by atoms with E-state index >= 15 is 0 Å². The summed E-state index contributed by atoms with van der Waals surface area (Å²) in [7, 11) is -4.27. The summed E-state index contributed by atoms with van der Waals surface area (Å²) in [6.45, 7) is 4.30. The van der Waals surface area contributed by atoms with Gasteiger partial charge in [-0.25, -0.2) is 0 Å². The zero-order valence-electron chi connectivity index (χ0n) is 12.1. The van der Waals surface area contributed by atoms with E-state index in [0.29, 0.717) is 17.2 Å². The van der Waals surface area contributed by atoms with Gasteiger partial charge >= 0.3 is 7.60 Å². The fourth-order valence-corrected chi connectivity index (χ4v) is 3.75. The van der Waals surface area contributed by atoms with Crippen LogP contribution in [0.25, 0.3) is 0 Å². The lowest BCUT2D eigenvalue weighted by Gasteiger charge is -2.20. The van der Waals surface area contributed by atoms with Crippen molar-refractivity contribution in [2.75, 3.05) is 5.32 Å². The maximum absolute atomic E-state index is 11.7. The highest BCUT2D eigenvalue weighted by atomic mass is 32.1. The second-order valence-corrected chi connectivity index (χ2v) is 7.60. The molecule has 114 valence electrons. The predicted molar refractivity (Wildman–Crippen MR) is 87.9 cm³/mol. The van der Waals surface area contributed by atoms with Gasteiger partial charge in [-0.3, -0.25) is 4.57 Å². The van der Waals surface area contributed by atoms with Crippen LogP contribution in [-0.2, 0) is 4.57 Å². The van der Waals surface area contributed by atoms with Gasteiger partial charge in [0, 0.05) is 5.69 Å². The van der Waals surface area contributed by atoms with Gasteiger partial charge in [0.15, 0.2) is 5.78 Å². The molecule has 0 amide bonds. The van der Waals surface area contributed by atoms with E-state index in [1.54, 1.807) is 11.4 Å². The Bertz CT molecular complexity index is 606. The number of nitrogens with one attached hydrogen (secondary N) is 1. The largest absolute Gasteiger partial charge is 0.368 e. The smallest absolute Gasteiger partial charge is 0.352 e. The van der Waals surface area contributed by atoms with Crippen molar-refractivity contribution >= 4 is 24.6 Å². The zero-order valence-corrected chi connectivity index (χ0v) is 13.8. The van der Waals surface area contributed by atoms with Gasteiger partial charge in [-0.05, 0) is 52.4 Å². The van der Waals surface area contributed by atoms with Crippen molar-refractivity contribution in [1.82, 2.24) is 0 Å². The van der Waals surface area contributed by atoms with Crippen LogP contribution in [0.5, 0.6) is 0 Å². The summed E-state index contributed by atoms with van der Waals surface area (Å²) in [6.07, 6.45) is 1.06. The number of benzene rings is 1. The third-order valence-corrected chi connectivity index (χ3v) is 5.39. The van der Waals surface area contributed by atoms with Gasteiger partial charge in [0.1, 0.15) is 0 Å². The first kappa shape index (κ1) is 16.2. The van der Waals surface area contributed by atoms with Crippen LogP contribution < -0.4 is 5.32 Å². The average Bonchev–Trinajstić information content (AvgIpc) is 2.97. The molecule has 0 saturated carbocycles. The fourth-order valence-electron chi connectivity index (χ4n) is 2.09. The summed E-state index contributed by atoms with van der Waals surface area (Å²) in [5.74, 6) is -0.522. The van der Waals surface area contributed by atoms with E-state index in [4.69, 9.17) is 0 Å². The first-order chi connectivity index (χ1) is 9.91. The Kier molecular flexibility index (Phi) is 5.22. The maximum Gasteiger partial charge on any atom is 0.352 e. The maximum atomic E-state index is 11.7. The molecule has 0 bridgehead atoms. The number of anilines is 1. The minimum absolute atomic E-state index is 0.480. The van der Waals surface area contributed by atoms with Gasteiger partial charge < -0.3 is 15.1 Å². The Morgan fingerprint density at radius 2 is 1.86 bits per heavy atom. The topological polar surface area (TPSA) is 69.6 Å². The Labute approximate surface area is 129 Å². The van der Waals surface area contributed by atoms with Crippen LogP contribution in [0, 0.1) is 0 Å². The molecule has 0 fully saturated rings. The predicted octanol–water partition coefficient (Wildman–Crippen LogP) is 4.55. The molecule has 0 saturated heterocycles. The monoisotopic (exact) mass is 325 g/mol. The van der Waals surface area contributed by atoms with Crippen molar-refractivity contribution in [3.8, 4) is 0 Å². The molecule has 1 aromatic heterocycles. The van der Waals surface area contributed by atoms with Gasteiger partial charge in [-0.15, -0.1) is 0 Å². The highest BCUT2D eigenvalue weighted by Crippen LogP contribution is 2.52. The van der Waals surface area contributed by atoms with E-state index in [2.05, 4.69) is 19.2 Å². The summed E-state index contributed by atoms with van der Waals surface area (Å²) in [5, 5.41) is 6.51. The van der Waals surface area contributed by atoms with Crippen molar-refractivity contribution in [3.63, 3.8) is 0 Å². The molecule has 0 spiro atoms. The summed E-state index contributed by atoms with van der Waals surface area (Å²) in [5.41, 5.74) is 2.55. The fraction of sp³-hybridized carbons (Fsp3) is 0.333. The Hall–Kier alpha value is -1.13. The third-order valence-electron chi connectivity index (χ3n) is 3.59. The lowest BCUT2D eigenvalue weighted by Crippen LogP contribution is -2.10. The highest BCUT2D eigenvalue weighted by Gasteiger charge is 2.30. The molecule has 0 radical (unpaired) electrons. The molecule has 0 aliphatic heterocycles. The van der Waals surface area contributed by atoms with Gasteiger partial charge in [0.25, 0.3) is 0 Å². The summed E-state index contributed by atoms with van der Waals surface area (Å²) in [4.78, 5) is 19.1. The molecule has 0 aliphatic carbocycles. The molecule has 3 N–H and O–H groups in total. The zero-order chi connectivity index (χ0) is 15.5. The summed E-state index contributed by atoms with van der Waals surface area (Å²) in [6, 6.07) is 9.48. The molecule has 21 heavy (non-hydrogen) atoms. The van der Waals surface area contributed by atoms with Crippen LogP contribution in [0.15, 0.2) is 41.1 Å². The lowest BCUT2D eigenvalue weighted by atomic mass is 9.99. The van der Waals surface area contributed by atoms with Crippen LogP contribution in [0.3, 0.4) is 0 Å². The molecule has 2 aromatic rings. The van der Waals surface area contributed by atoms with E-state index in [0.717, 1.165) is 6.42 Å². The van der Waals surface area contributed by atoms with E-state index in [-0.39, 0.29) is 0 Å². The Balaban J connectivity index is 2.20. The summed E-state index contributed by atoms with van der Waals surface area (Å²) >= 11 is 1.42. The van der Waals surface area contributed by atoms with Crippen molar-refractivity contribution in [2.45, 2.75) is 32.0 Å². The van der Waals surface area contributed by atoms with Crippen molar-refractivity contribution < 1.29 is 14.4 Å². The molecule has 0 unspecified atom stereocenters. The minimum Gasteiger partial charge on any atom is -0.368 e. The Morgan fingerprint density at radius 1 is 1.19 bits per heavy atom. The van der Waals surface area contributed by atoms with E-state index in [9.17, 15) is 14.4 Å². The Morgan fingerprint density at radius 3 is 2.33 bits per heavy atom. The van der Waals surface area contributed by atoms with Gasteiger partial charge in [0.2, 0.25) is 0 Å². The van der Waals surface area contributed by atoms with Gasteiger partial charge in [-0.2, -0.15) is 11.3 Å². The molecule has 4 nitrogen and oxygen atoms in total. The van der Waals surface area contributed by atoms with Crippen LogP contribution in [0.1, 0.15) is 43.1 Å². The molecule has 2 atom stereocenters. The second kappa shape index (κ2) is 6.75. The van der Waals surface area contributed by atoms with E-state index in [1.807, 2.05) is 29.6 Å². The summed E-state index contributed by atoms with van der Waals surface area (Å²) < 4.78 is 11.7. The van der Waals surface area contributed by atoms with Crippen molar-refractivity contribution in [3.05, 3.63) is 52.2 Å². The number of hydrogen-bond acceptors (Lipinski definition) is 3. The van der Waals surface area contributed by atoms with Crippen molar-refractivity contribution in [1.29, 1.82) is 0 Å². The lowest BCUT2D eigenvalue weighted by molar-refractivity contribution is 0.363. The van der Waals surface area contributed by atoms with E-state index in [1.165, 1.54) is 16.9 Å². The molecule has 2 rings (SSSR count). The number of rotatable bonds is 6. The second-order valence-electron chi connectivity index (χ2n) is 5.12. The molecule has 1 aromatic carbocycles. The first-order valence-electron chi connectivity index (χ1n) is 6.85. The SMILES string of the molecule is CC[C@H](C)c1ccc(N[C@@H](c2ccsc2)P(=O)(O)O)cc1. The van der Waals surface area contributed by atoms with Crippen molar-refractivity contribution in [2.24, 2.45) is 0 Å². The average molecular weight is 325 g/mol. The molecule has 0 aliphatic rings. The standard InChI is InChI=1S/C15H20NO3PS/c1-3-11(2)12-4-6-14(7-5-12)16-15(20(17,18)19)13-8-9-21-10-13/h4-11,15-16H,3H2,1-2H3,(H2,17,18,19)/t11-,15+/m0/s1. The number of hydrogen-bond donors (Lipinski definition) is 3. The van der Waals surface area contributed by atoms with Gasteiger partial charge in [0.05, 0.1) is 0 Å². The number of thiophene rings is 1. The molecule has 6 heteroatoms. The van der Waals surface area contributed by atoms with Gasteiger partial charge in [-0.1, -0.05) is 26.0 Å². The molecular formula is C15H20NO3PS. The molecule has 1 heterocycles. The normalized spacial score (nSPS) is 14.7. The quantitative estimate of drug-likeness (QED) is 0.682. The third kappa shape index (κ3) is 4.17. The van der Waals surface area contributed by atoms with E-state index < -0.39 is 13.4 Å². The van der Waals surface area contributed by atoms with Crippen LogP contribution in [0.2, 0.25) is 0 Å².